The molecule has 0 amide bonds. The van der Waals surface area contributed by atoms with E-state index in [1.165, 1.54) is 0 Å². The van der Waals surface area contributed by atoms with Crippen LogP contribution in [0, 0.1) is 6.92 Å². The van der Waals surface area contributed by atoms with E-state index >= 15 is 0 Å². The Morgan fingerprint density at radius 1 is 0.944 bits per heavy atom. The van der Waals surface area contributed by atoms with E-state index in [0.717, 1.165) is 24.2 Å². The first-order valence-electron chi connectivity index (χ1n) is 5.61. The third-order valence-electron chi connectivity index (χ3n) is 2.00. The van der Waals surface area contributed by atoms with E-state index in [1.54, 1.807) is 12.4 Å². The van der Waals surface area contributed by atoms with Gasteiger partial charge in [-0.2, -0.15) is 6.42 Å². The van der Waals surface area contributed by atoms with Crippen molar-refractivity contribution in [1.82, 2.24) is 9.97 Å². The molecular weight excluding hydrogens is 271 g/mol. The summed E-state index contributed by atoms with van der Waals surface area (Å²) in [5, 5.41) is 8.03. The van der Waals surface area contributed by atoms with Gasteiger partial charge in [0.15, 0.2) is 0 Å². The van der Waals surface area contributed by atoms with Crippen molar-refractivity contribution >= 4 is 0 Å². The molecule has 0 unspecified atom stereocenters. The van der Waals surface area contributed by atoms with Gasteiger partial charge in [0, 0.05) is 35.5 Å². The number of hydrogen-bond acceptors (Lipinski definition) is 3. The molecule has 0 atom stereocenters. The standard InChI is InChI=1S/C10H8N2.C4H9O.Ni/c1-3-7-11-9(5-1)10-6-2-4-8-12-10;1-2-3-4-5;/h1-8H;5H,1-4H2;/q;-1;. The normalized spacial score (nSPS) is 8.78. The van der Waals surface area contributed by atoms with Crippen LogP contribution >= 0.6 is 0 Å². The summed E-state index contributed by atoms with van der Waals surface area (Å²) >= 11 is 0. The first kappa shape index (κ1) is 16.8. The second kappa shape index (κ2) is 10.9. The van der Waals surface area contributed by atoms with Gasteiger partial charge in [0.25, 0.3) is 0 Å². The van der Waals surface area contributed by atoms with Gasteiger partial charge in [0.05, 0.1) is 11.4 Å². The van der Waals surface area contributed by atoms with Crippen LogP contribution in [-0.4, -0.2) is 21.7 Å². The van der Waals surface area contributed by atoms with Crippen LogP contribution in [0.2, 0.25) is 0 Å². The fourth-order valence-electron chi connectivity index (χ4n) is 1.14. The molecule has 100 valence electrons. The van der Waals surface area contributed by atoms with Crippen molar-refractivity contribution in [1.29, 1.82) is 0 Å². The molecule has 3 nitrogen and oxygen atoms in total. The average molecular weight is 288 g/mol. The van der Waals surface area contributed by atoms with Gasteiger partial charge in [0.2, 0.25) is 0 Å². The zero-order chi connectivity index (χ0) is 12.3. The molecule has 18 heavy (non-hydrogen) atoms. The molecule has 2 rings (SSSR count). The van der Waals surface area contributed by atoms with Crippen LogP contribution in [0.15, 0.2) is 48.8 Å². The molecule has 0 bridgehead atoms. The van der Waals surface area contributed by atoms with Crippen LogP contribution in [0.5, 0.6) is 0 Å². The Bertz CT molecular complexity index is 356. The molecular formula is C14H17N2NiO-. The van der Waals surface area contributed by atoms with Crippen LogP contribution in [0.4, 0.5) is 0 Å². The Hall–Kier alpha value is -1.25. The number of aliphatic hydroxyl groups is 1. The van der Waals surface area contributed by atoms with E-state index in [4.69, 9.17) is 5.11 Å². The van der Waals surface area contributed by atoms with Crippen molar-refractivity contribution in [2.24, 2.45) is 0 Å². The number of rotatable bonds is 3. The molecule has 1 N–H and O–H groups in total. The fraction of sp³-hybridized carbons (Fsp3) is 0.214. The maximum Gasteiger partial charge on any atom is 0.0886 e. The van der Waals surface area contributed by atoms with Gasteiger partial charge in [0.1, 0.15) is 0 Å². The Morgan fingerprint density at radius 2 is 1.44 bits per heavy atom. The molecule has 0 aliphatic rings. The number of aromatic nitrogens is 2. The van der Waals surface area contributed by atoms with Crippen LogP contribution in [0.25, 0.3) is 11.4 Å². The van der Waals surface area contributed by atoms with E-state index < -0.39 is 0 Å². The minimum absolute atomic E-state index is 0. The average Bonchev–Trinajstić information content (AvgIpc) is 2.42. The van der Waals surface area contributed by atoms with E-state index in [0.29, 0.717) is 0 Å². The molecule has 2 heterocycles. The van der Waals surface area contributed by atoms with Crippen LogP contribution in [-0.2, 0) is 16.5 Å². The van der Waals surface area contributed by atoms with E-state index in [-0.39, 0.29) is 23.1 Å². The van der Waals surface area contributed by atoms with Crippen molar-refractivity contribution in [2.75, 3.05) is 6.61 Å². The van der Waals surface area contributed by atoms with Crippen molar-refractivity contribution in [3.63, 3.8) is 0 Å². The summed E-state index contributed by atoms with van der Waals surface area (Å²) in [7, 11) is 0. The number of unbranched alkanes of at least 4 members (excludes halogenated alkanes) is 1. The SMILES string of the molecule is [CH2-]CCCO.[Ni].c1ccc(-c2ccccn2)nc1. The van der Waals surface area contributed by atoms with Gasteiger partial charge < -0.3 is 12.0 Å². The number of hydrogen-bond donors (Lipinski definition) is 1. The van der Waals surface area contributed by atoms with Crippen LogP contribution in [0.3, 0.4) is 0 Å². The van der Waals surface area contributed by atoms with Gasteiger partial charge >= 0.3 is 0 Å². The van der Waals surface area contributed by atoms with Crippen LogP contribution in [0.1, 0.15) is 12.8 Å². The molecule has 0 aliphatic heterocycles. The molecule has 0 aromatic carbocycles. The Kier molecular flexibility index (Phi) is 10.1. The Balaban J connectivity index is 0.000000421. The topological polar surface area (TPSA) is 46.0 Å². The van der Waals surface area contributed by atoms with Crippen molar-refractivity contribution in [3.8, 4) is 11.4 Å². The molecule has 0 aliphatic carbocycles. The first-order valence-corrected chi connectivity index (χ1v) is 5.61. The third-order valence-corrected chi connectivity index (χ3v) is 2.00. The summed E-state index contributed by atoms with van der Waals surface area (Å²) in [6, 6.07) is 11.6. The third kappa shape index (κ3) is 6.48. The molecule has 0 radical (unpaired) electrons. The largest absolute Gasteiger partial charge is 0.396 e. The summed E-state index contributed by atoms with van der Waals surface area (Å²) in [6.45, 7) is 3.80. The predicted molar refractivity (Wildman–Crippen MR) is 69.1 cm³/mol. The molecule has 0 spiro atoms. The number of nitrogens with zero attached hydrogens (tertiary/aromatic N) is 2. The van der Waals surface area contributed by atoms with E-state index in [9.17, 15) is 0 Å². The molecule has 4 heteroatoms. The minimum atomic E-state index is 0. The second-order valence-corrected chi connectivity index (χ2v) is 3.36. The number of pyridine rings is 2. The van der Waals surface area contributed by atoms with Crippen LogP contribution < -0.4 is 0 Å². The van der Waals surface area contributed by atoms with Gasteiger partial charge in [-0.1, -0.05) is 18.6 Å². The minimum Gasteiger partial charge on any atom is -0.396 e. The van der Waals surface area contributed by atoms with Gasteiger partial charge in [-0.25, -0.2) is 0 Å². The fourth-order valence-corrected chi connectivity index (χ4v) is 1.14. The zero-order valence-electron chi connectivity index (χ0n) is 10.1. The quantitative estimate of drug-likeness (QED) is 0.697. The molecule has 0 saturated heterocycles. The maximum absolute atomic E-state index is 8.03. The predicted octanol–water partition coefficient (Wildman–Crippen LogP) is 2.73. The zero-order valence-corrected chi connectivity index (χ0v) is 11.1. The summed E-state index contributed by atoms with van der Waals surface area (Å²) in [4.78, 5) is 8.37. The smallest absolute Gasteiger partial charge is 0.0886 e. The number of aliphatic hydroxyl groups excluding tert-OH is 1. The summed E-state index contributed by atoms with van der Waals surface area (Å²) in [5.41, 5.74) is 1.83. The van der Waals surface area contributed by atoms with Gasteiger partial charge in [-0.15, -0.1) is 0 Å². The summed E-state index contributed by atoms with van der Waals surface area (Å²) in [6.07, 6.45) is 5.21. The summed E-state index contributed by atoms with van der Waals surface area (Å²) in [5.74, 6) is 0. The van der Waals surface area contributed by atoms with Gasteiger partial charge in [-0.3, -0.25) is 9.97 Å². The first-order chi connectivity index (χ1) is 8.38. The van der Waals surface area contributed by atoms with E-state index in [1.807, 2.05) is 36.4 Å². The summed E-state index contributed by atoms with van der Waals surface area (Å²) < 4.78 is 0. The van der Waals surface area contributed by atoms with Crippen molar-refractivity contribution in [2.45, 2.75) is 12.8 Å². The Labute approximate surface area is 118 Å². The Morgan fingerprint density at radius 3 is 1.67 bits per heavy atom. The van der Waals surface area contributed by atoms with E-state index in [2.05, 4.69) is 16.9 Å². The van der Waals surface area contributed by atoms with Crippen molar-refractivity contribution in [3.05, 3.63) is 55.7 Å². The molecule has 2 aromatic rings. The maximum atomic E-state index is 8.03. The van der Waals surface area contributed by atoms with Gasteiger partial charge in [-0.05, 0) is 24.3 Å². The monoisotopic (exact) mass is 287 g/mol. The molecule has 0 saturated carbocycles. The molecule has 0 fully saturated rings. The molecule has 2 aromatic heterocycles. The van der Waals surface area contributed by atoms with Crippen molar-refractivity contribution < 1.29 is 21.6 Å². The second-order valence-electron chi connectivity index (χ2n) is 3.36.